The van der Waals surface area contributed by atoms with Crippen molar-refractivity contribution in [2.75, 3.05) is 6.54 Å². The molecular weight excluding hydrogens is 316 g/mol. The molecule has 100 valence electrons. The van der Waals surface area contributed by atoms with Gasteiger partial charge in [0.05, 0.1) is 5.02 Å². The number of hydrogen-bond acceptors (Lipinski definition) is 2. The highest BCUT2D eigenvalue weighted by Gasteiger charge is 2.12. The normalized spacial score (nSPS) is 12.2. The van der Waals surface area contributed by atoms with Crippen LogP contribution in [0.5, 0.6) is 0 Å². The van der Waals surface area contributed by atoms with E-state index in [2.05, 4.69) is 28.2 Å². The van der Waals surface area contributed by atoms with Crippen molar-refractivity contribution in [2.24, 2.45) is 5.73 Å². The third kappa shape index (κ3) is 4.59. The first kappa shape index (κ1) is 15.5. The van der Waals surface area contributed by atoms with E-state index in [9.17, 15) is 4.79 Å². The van der Waals surface area contributed by atoms with Crippen molar-refractivity contribution < 1.29 is 4.79 Å². The number of unbranched alkanes of at least 4 members (excludes halogenated alkanes) is 1. The molecule has 0 heterocycles. The zero-order valence-corrected chi connectivity index (χ0v) is 12.7. The Morgan fingerprint density at radius 2 is 2.28 bits per heavy atom. The van der Waals surface area contributed by atoms with Crippen LogP contribution < -0.4 is 11.1 Å². The molecule has 0 saturated heterocycles. The molecule has 0 aliphatic rings. The van der Waals surface area contributed by atoms with E-state index in [1.807, 2.05) is 0 Å². The van der Waals surface area contributed by atoms with Gasteiger partial charge in [0.25, 0.3) is 5.91 Å². The van der Waals surface area contributed by atoms with Crippen molar-refractivity contribution in [1.82, 2.24) is 5.32 Å². The Morgan fingerprint density at radius 3 is 2.83 bits per heavy atom. The maximum Gasteiger partial charge on any atom is 0.251 e. The summed E-state index contributed by atoms with van der Waals surface area (Å²) < 4.78 is 0.717. The van der Waals surface area contributed by atoms with Gasteiger partial charge in [0.15, 0.2) is 0 Å². The zero-order valence-electron chi connectivity index (χ0n) is 10.4. The second kappa shape index (κ2) is 7.77. The highest BCUT2D eigenvalue weighted by molar-refractivity contribution is 9.10. The van der Waals surface area contributed by atoms with Crippen LogP contribution in [0, 0.1) is 0 Å². The molecular formula is C13H18BrClN2O. The van der Waals surface area contributed by atoms with Crippen molar-refractivity contribution in [3.05, 3.63) is 33.3 Å². The molecule has 18 heavy (non-hydrogen) atoms. The summed E-state index contributed by atoms with van der Waals surface area (Å²) in [5.41, 5.74) is 6.23. The van der Waals surface area contributed by atoms with Crippen molar-refractivity contribution >= 4 is 33.4 Å². The molecule has 3 N–H and O–H groups in total. The van der Waals surface area contributed by atoms with Crippen LogP contribution in [-0.2, 0) is 0 Å². The van der Waals surface area contributed by atoms with Crippen LogP contribution in [0.15, 0.2) is 22.7 Å². The van der Waals surface area contributed by atoms with Crippen LogP contribution in [0.3, 0.4) is 0 Å². The lowest BCUT2D eigenvalue weighted by atomic mass is 10.1. The molecule has 0 aromatic heterocycles. The van der Waals surface area contributed by atoms with Crippen molar-refractivity contribution in [1.29, 1.82) is 0 Å². The van der Waals surface area contributed by atoms with Gasteiger partial charge in [0.2, 0.25) is 0 Å². The second-order valence-corrected chi connectivity index (χ2v) is 5.44. The molecule has 3 nitrogen and oxygen atoms in total. The average Bonchev–Trinajstić information content (AvgIpc) is 2.37. The van der Waals surface area contributed by atoms with Crippen LogP contribution in [0.1, 0.15) is 36.5 Å². The van der Waals surface area contributed by atoms with Crippen LogP contribution in [-0.4, -0.2) is 18.5 Å². The van der Waals surface area contributed by atoms with Gasteiger partial charge in [-0.2, -0.15) is 0 Å². The highest BCUT2D eigenvalue weighted by atomic mass is 79.9. The van der Waals surface area contributed by atoms with Gasteiger partial charge in [-0.05, 0) is 40.5 Å². The average molecular weight is 334 g/mol. The Hall–Kier alpha value is -0.580. The summed E-state index contributed by atoms with van der Waals surface area (Å²) in [4.78, 5) is 12.0. The van der Waals surface area contributed by atoms with Gasteiger partial charge < -0.3 is 11.1 Å². The number of carbonyl (C=O) groups excluding carboxylic acids is 1. The van der Waals surface area contributed by atoms with E-state index in [1.165, 1.54) is 0 Å². The molecule has 0 fully saturated rings. The minimum atomic E-state index is -0.112. The number of benzene rings is 1. The fourth-order valence-electron chi connectivity index (χ4n) is 1.61. The quantitative estimate of drug-likeness (QED) is 0.839. The van der Waals surface area contributed by atoms with Gasteiger partial charge in [-0.15, -0.1) is 0 Å². The SMILES string of the molecule is CCCCC(CN)NC(=O)c1ccc(Cl)c(Br)c1. The number of rotatable bonds is 6. The van der Waals surface area contributed by atoms with Gasteiger partial charge in [0, 0.05) is 22.6 Å². The summed E-state index contributed by atoms with van der Waals surface area (Å²) in [5.74, 6) is -0.112. The molecule has 0 saturated carbocycles. The minimum absolute atomic E-state index is 0.0342. The van der Waals surface area contributed by atoms with Gasteiger partial charge in [0.1, 0.15) is 0 Å². The van der Waals surface area contributed by atoms with E-state index < -0.39 is 0 Å². The summed E-state index contributed by atoms with van der Waals surface area (Å²) in [6, 6.07) is 5.15. The molecule has 1 unspecified atom stereocenters. The lowest BCUT2D eigenvalue weighted by Gasteiger charge is -2.16. The van der Waals surface area contributed by atoms with Gasteiger partial charge in [-0.25, -0.2) is 0 Å². The van der Waals surface area contributed by atoms with Gasteiger partial charge in [-0.1, -0.05) is 31.4 Å². The fourth-order valence-corrected chi connectivity index (χ4v) is 2.10. The molecule has 1 aromatic carbocycles. The largest absolute Gasteiger partial charge is 0.348 e. The summed E-state index contributed by atoms with van der Waals surface area (Å²) in [6.45, 7) is 2.58. The number of carbonyl (C=O) groups is 1. The van der Waals surface area contributed by atoms with Crippen LogP contribution in [0.4, 0.5) is 0 Å². The standard InChI is InChI=1S/C13H18BrClN2O/c1-2-3-4-10(8-16)17-13(18)9-5-6-12(15)11(14)7-9/h5-7,10H,2-4,8,16H2,1H3,(H,17,18). The monoisotopic (exact) mass is 332 g/mol. The molecule has 0 aliphatic heterocycles. The van der Waals surface area contributed by atoms with E-state index in [1.54, 1.807) is 18.2 Å². The molecule has 0 spiro atoms. The van der Waals surface area contributed by atoms with E-state index in [4.69, 9.17) is 17.3 Å². The molecule has 0 radical (unpaired) electrons. The Balaban J connectivity index is 2.65. The van der Waals surface area contributed by atoms with E-state index >= 15 is 0 Å². The lowest BCUT2D eigenvalue weighted by molar-refractivity contribution is 0.0935. The predicted octanol–water partition coefficient (Wildman–Crippen LogP) is 3.35. The van der Waals surface area contributed by atoms with Gasteiger partial charge in [-0.3, -0.25) is 4.79 Å². The Morgan fingerprint density at radius 1 is 1.56 bits per heavy atom. The topological polar surface area (TPSA) is 55.1 Å². The zero-order chi connectivity index (χ0) is 13.5. The predicted molar refractivity (Wildman–Crippen MR) is 79.0 cm³/mol. The number of hydrogen-bond donors (Lipinski definition) is 2. The molecule has 1 aromatic rings. The maximum atomic E-state index is 12.0. The highest BCUT2D eigenvalue weighted by Crippen LogP contribution is 2.23. The third-order valence-corrected chi connectivity index (χ3v) is 3.92. The molecule has 5 heteroatoms. The molecule has 1 amide bonds. The van der Waals surface area contributed by atoms with E-state index in [0.717, 1.165) is 23.7 Å². The molecule has 0 aliphatic carbocycles. The van der Waals surface area contributed by atoms with Crippen LogP contribution in [0.2, 0.25) is 5.02 Å². The first-order valence-electron chi connectivity index (χ1n) is 6.04. The van der Waals surface area contributed by atoms with Crippen molar-refractivity contribution in [3.8, 4) is 0 Å². The number of halogens is 2. The van der Waals surface area contributed by atoms with Crippen LogP contribution in [0.25, 0.3) is 0 Å². The van der Waals surface area contributed by atoms with E-state index in [0.29, 0.717) is 17.1 Å². The fraction of sp³-hybridized carbons (Fsp3) is 0.462. The maximum absolute atomic E-state index is 12.0. The first-order chi connectivity index (χ1) is 8.58. The van der Waals surface area contributed by atoms with Crippen molar-refractivity contribution in [2.45, 2.75) is 32.2 Å². The van der Waals surface area contributed by atoms with E-state index in [-0.39, 0.29) is 11.9 Å². The summed E-state index contributed by atoms with van der Waals surface area (Å²) in [5, 5.41) is 3.53. The molecule has 1 atom stereocenters. The van der Waals surface area contributed by atoms with Crippen LogP contribution >= 0.6 is 27.5 Å². The Kier molecular flexibility index (Phi) is 6.68. The Bertz CT molecular complexity index is 412. The number of nitrogens with one attached hydrogen (secondary N) is 1. The summed E-state index contributed by atoms with van der Waals surface area (Å²) in [6.07, 6.45) is 3.07. The summed E-state index contributed by atoms with van der Waals surface area (Å²) >= 11 is 9.19. The minimum Gasteiger partial charge on any atom is -0.348 e. The smallest absolute Gasteiger partial charge is 0.251 e. The van der Waals surface area contributed by atoms with Crippen molar-refractivity contribution in [3.63, 3.8) is 0 Å². The second-order valence-electron chi connectivity index (χ2n) is 4.18. The number of amides is 1. The number of nitrogens with two attached hydrogens (primary N) is 1. The van der Waals surface area contributed by atoms with Gasteiger partial charge >= 0.3 is 0 Å². The third-order valence-electron chi connectivity index (χ3n) is 2.71. The first-order valence-corrected chi connectivity index (χ1v) is 7.21. The summed E-state index contributed by atoms with van der Waals surface area (Å²) in [7, 11) is 0. The lowest BCUT2D eigenvalue weighted by Crippen LogP contribution is -2.40. The molecule has 1 rings (SSSR count). The Labute approximate surface area is 121 Å². The molecule has 0 bridgehead atoms.